The van der Waals surface area contributed by atoms with E-state index in [0.717, 1.165) is 19.4 Å². The van der Waals surface area contributed by atoms with Gasteiger partial charge in [0.05, 0.1) is 11.3 Å². The summed E-state index contributed by atoms with van der Waals surface area (Å²) in [4.78, 5) is 14.6. The third-order valence-electron chi connectivity index (χ3n) is 4.05. The predicted octanol–water partition coefficient (Wildman–Crippen LogP) is 2.08. The third kappa shape index (κ3) is 3.10. The quantitative estimate of drug-likeness (QED) is 0.890. The second-order valence-corrected chi connectivity index (χ2v) is 5.44. The van der Waals surface area contributed by atoms with Crippen molar-refractivity contribution in [2.45, 2.75) is 31.8 Å². The summed E-state index contributed by atoms with van der Waals surface area (Å²) in [6, 6.07) is 5.15. The summed E-state index contributed by atoms with van der Waals surface area (Å²) in [6.07, 6.45) is 1.85. The molecule has 2 N–H and O–H groups in total. The number of carbonyl (C=O) groups is 1. The molecule has 1 aromatic carbocycles. The Bertz CT molecular complexity index is 492. The van der Waals surface area contributed by atoms with Gasteiger partial charge in [0, 0.05) is 25.7 Å². The number of likely N-dealkylation sites (tertiary alicyclic amines) is 1. The Balaban J connectivity index is 2.07. The van der Waals surface area contributed by atoms with Crippen LogP contribution in [-0.2, 0) is 0 Å². The number of nitrogens with zero attached hydrogens (tertiary/aromatic N) is 1. The van der Waals surface area contributed by atoms with Crippen molar-refractivity contribution in [1.82, 2.24) is 10.2 Å². The second-order valence-electron chi connectivity index (χ2n) is 5.44. The molecule has 0 aromatic heterocycles. The van der Waals surface area contributed by atoms with Crippen LogP contribution in [0.4, 0.5) is 10.1 Å². The van der Waals surface area contributed by atoms with Crippen LogP contribution in [0.1, 0.15) is 30.1 Å². The van der Waals surface area contributed by atoms with Crippen molar-refractivity contribution in [2.24, 2.45) is 0 Å². The van der Waals surface area contributed by atoms with Gasteiger partial charge in [0.25, 0.3) is 5.91 Å². The topological polar surface area (TPSA) is 44.4 Å². The Kier molecular flexibility index (Phi) is 4.60. The number of piperidine rings is 1. The predicted molar refractivity (Wildman–Crippen MR) is 78.5 cm³/mol. The summed E-state index contributed by atoms with van der Waals surface area (Å²) in [5.41, 5.74) is 0.616. The van der Waals surface area contributed by atoms with Crippen LogP contribution in [-0.4, -0.2) is 43.5 Å². The molecule has 1 heterocycles. The van der Waals surface area contributed by atoms with Crippen molar-refractivity contribution in [3.8, 4) is 0 Å². The standard InChI is InChI=1S/C15H22FN3O/c1-10-9-11(7-8-19(10)3)18-15(20)12-5-4-6-13(16)14(12)17-2/h4-6,10-11,17H,7-9H2,1-3H3,(H,18,20). The lowest BCUT2D eigenvalue weighted by atomic mass is 9.98. The molecule has 0 aliphatic carbocycles. The lowest BCUT2D eigenvalue weighted by Crippen LogP contribution is -2.47. The van der Waals surface area contributed by atoms with E-state index >= 15 is 0 Å². The normalized spacial score (nSPS) is 23.4. The third-order valence-corrected chi connectivity index (χ3v) is 4.05. The number of hydrogen-bond donors (Lipinski definition) is 2. The van der Waals surface area contributed by atoms with Crippen LogP contribution in [0.5, 0.6) is 0 Å². The van der Waals surface area contributed by atoms with Crippen molar-refractivity contribution in [3.05, 3.63) is 29.6 Å². The highest BCUT2D eigenvalue weighted by atomic mass is 19.1. The summed E-state index contributed by atoms with van der Waals surface area (Å²) in [5.74, 6) is -0.618. The van der Waals surface area contributed by atoms with Crippen molar-refractivity contribution >= 4 is 11.6 Å². The van der Waals surface area contributed by atoms with Crippen molar-refractivity contribution < 1.29 is 9.18 Å². The maximum atomic E-state index is 13.7. The van der Waals surface area contributed by atoms with Gasteiger partial charge in [0.1, 0.15) is 5.82 Å². The van der Waals surface area contributed by atoms with Crippen LogP contribution in [0, 0.1) is 5.82 Å². The van der Waals surface area contributed by atoms with Gasteiger partial charge in [-0.05, 0) is 38.9 Å². The van der Waals surface area contributed by atoms with Crippen molar-refractivity contribution in [1.29, 1.82) is 0 Å². The molecule has 0 bridgehead atoms. The van der Waals surface area contributed by atoms with E-state index in [4.69, 9.17) is 0 Å². The lowest BCUT2D eigenvalue weighted by molar-refractivity contribution is 0.0897. The van der Waals surface area contributed by atoms with Crippen molar-refractivity contribution in [2.75, 3.05) is 26.0 Å². The number of benzene rings is 1. The van der Waals surface area contributed by atoms with E-state index in [1.54, 1.807) is 19.2 Å². The highest BCUT2D eigenvalue weighted by Crippen LogP contribution is 2.21. The van der Waals surface area contributed by atoms with Gasteiger partial charge in [0.2, 0.25) is 0 Å². The van der Waals surface area contributed by atoms with Gasteiger partial charge in [-0.2, -0.15) is 0 Å². The Morgan fingerprint density at radius 1 is 1.45 bits per heavy atom. The zero-order valence-corrected chi connectivity index (χ0v) is 12.2. The first-order valence-corrected chi connectivity index (χ1v) is 7.00. The molecule has 110 valence electrons. The first-order chi connectivity index (χ1) is 9.52. The van der Waals surface area contributed by atoms with Crippen LogP contribution in [0.15, 0.2) is 18.2 Å². The minimum Gasteiger partial charge on any atom is -0.385 e. The molecule has 2 unspecified atom stereocenters. The lowest BCUT2D eigenvalue weighted by Gasteiger charge is -2.35. The number of carbonyl (C=O) groups excluding carboxylic acids is 1. The Labute approximate surface area is 119 Å². The van der Waals surface area contributed by atoms with Crippen LogP contribution in [0.25, 0.3) is 0 Å². The number of rotatable bonds is 3. The summed E-state index contributed by atoms with van der Waals surface area (Å²) in [7, 11) is 3.71. The molecule has 1 aromatic rings. The number of anilines is 1. The average molecular weight is 279 g/mol. The maximum Gasteiger partial charge on any atom is 0.253 e. The summed E-state index contributed by atoms with van der Waals surface area (Å²) >= 11 is 0. The monoisotopic (exact) mass is 279 g/mol. The molecule has 0 saturated carbocycles. The molecule has 1 aliphatic heterocycles. The summed E-state index contributed by atoms with van der Waals surface area (Å²) in [5, 5.41) is 5.77. The fraction of sp³-hybridized carbons (Fsp3) is 0.533. The summed E-state index contributed by atoms with van der Waals surface area (Å²) < 4.78 is 13.7. The fourth-order valence-electron chi connectivity index (χ4n) is 2.65. The van der Waals surface area contributed by atoms with Gasteiger partial charge in [-0.15, -0.1) is 0 Å². The first-order valence-electron chi connectivity index (χ1n) is 7.00. The molecule has 0 spiro atoms. The van der Waals surface area contributed by atoms with E-state index in [1.807, 2.05) is 0 Å². The van der Waals surface area contributed by atoms with E-state index in [2.05, 4.69) is 29.5 Å². The van der Waals surface area contributed by atoms with Crippen molar-refractivity contribution in [3.63, 3.8) is 0 Å². The molecule has 4 nitrogen and oxygen atoms in total. The number of amides is 1. The SMILES string of the molecule is CNc1c(F)cccc1C(=O)NC1CCN(C)C(C)C1. The van der Waals surface area contributed by atoms with Crippen LogP contribution in [0.3, 0.4) is 0 Å². The Morgan fingerprint density at radius 3 is 2.85 bits per heavy atom. The molecule has 1 saturated heterocycles. The zero-order chi connectivity index (χ0) is 14.7. The molecule has 1 fully saturated rings. The van der Waals surface area contributed by atoms with Crippen LogP contribution < -0.4 is 10.6 Å². The molecule has 5 heteroatoms. The van der Waals surface area contributed by atoms with E-state index in [-0.39, 0.29) is 17.6 Å². The van der Waals surface area contributed by atoms with Crippen LogP contribution >= 0.6 is 0 Å². The molecule has 0 radical (unpaired) electrons. The van der Waals surface area contributed by atoms with Gasteiger partial charge in [0.15, 0.2) is 0 Å². The number of halogens is 1. The minimum atomic E-state index is -0.406. The van der Waals surface area contributed by atoms with E-state index in [1.165, 1.54) is 6.07 Å². The smallest absolute Gasteiger partial charge is 0.253 e. The fourth-order valence-corrected chi connectivity index (χ4v) is 2.65. The minimum absolute atomic E-state index is 0.154. The van der Waals surface area contributed by atoms with E-state index in [9.17, 15) is 9.18 Å². The molecule has 1 aliphatic rings. The van der Waals surface area contributed by atoms with Gasteiger partial charge in [-0.1, -0.05) is 6.07 Å². The van der Waals surface area contributed by atoms with Gasteiger partial charge in [-0.3, -0.25) is 4.79 Å². The largest absolute Gasteiger partial charge is 0.385 e. The second kappa shape index (κ2) is 6.22. The summed E-state index contributed by atoms with van der Waals surface area (Å²) in [6.45, 7) is 3.12. The number of hydrogen-bond acceptors (Lipinski definition) is 3. The maximum absolute atomic E-state index is 13.7. The molecule has 2 atom stereocenters. The average Bonchev–Trinajstić information content (AvgIpc) is 2.42. The van der Waals surface area contributed by atoms with Gasteiger partial charge >= 0.3 is 0 Å². The van der Waals surface area contributed by atoms with Crippen LogP contribution in [0.2, 0.25) is 0 Å². The number of nitrogens with one attached hydrogen (secondary N) is 2. The van der Waals surface area contributed by atoms with Gasteiger partial charge < -0.3 is 15.5 Å². The molecule has 2 rings (SSSR count). The Morgan fingerprint density at radius 2 is 2.20 bits per heavy atom. The molecule has 20 heavy (non-hydrogen) atoms. The molecule has 1 amide bonds. The zero-order valence-electron chi connectivity index (χ0n) is 12.2. The first kappa shape index (κ1) is 14.8. The van der Waals surface area contributed by atoms with Gasteiger partial charge in [-0.25, -0.2) is 4.39 Å². The molecular formula is C15H22FN3O. The van der Waals surface area contributed by atoms with E-state index < -0.39 is 5.82 Å². The number of para-hydroxylation sites is 1. The highest BCUT2D eigenvalue weighted by molar-refractivity contribution is 5.99. The molecular weight excluding hydrogens is 257 g/mol. The highest BCUT2D eigenvalue weighted by Gasteiger charge is 2.25. The van der Waals surface area contributed by atoms with E-state index in [0.29, 0.717) is 11.6 Å². The Hall–Kier alpha value is -1.62.